The summed E-state index contributed by atoms with van der Waals surface area (Å²) in [6.07, 6.45) is 0. The summed E-state index contributed by atoms with van der Waals surface area (Å²) < 4.78 is 54.9. The van der Waals surface area contributed by atoms with Gasteiger partial charge in [-0.3, -0.25) is 0 Å². The Morgan fingerprint density at radius 1 is 0.706 bits per heavy atom. The van der Waals surface area contributed by atoms with E-state index in [-0.39, 0.29) is 15.2 Å². The molecule has 0 unspecified atom stereocenters. The maximum absolute atomic E-state index is 13.6. The number of benzene rings is 3. The Bertz CT molecular complexity index is 1310. The highest BCUT2D eigenvalue weighted by Gasteiger charge is 2.37. The van der Waals surface area contributed by atoms with Crippen molar-refractivity contribution >= 4 is 25.6 Å². The highest BCUT2D eigenvalue weighted by Crippen LogP contribution is 2.29. The normalized spacial score (nSPS) is 12.6. The molecule has 0 saturated heterocycles. The molecule has 5 nitrogen and oxygen atoms in total. The number of sulfonamides is 2. The Morgan fingerprint density at radius 3 is 1.44 bits per heavy atom. The summed E-state index contributed by atoms with van der Waals surface area (Å²) in [5, 5.41) is 0. The van der Waals surface area contributed by atoms with Gasteiger partial charge in [-0.2, -0.15) is 0 Å². The van der Waals surface area contributed by atoms with Gasteiger partial charge in [-0.15, -0.1) is 0 Å². The van der Waals surface area contributed by atoms with Crippen LogP contribution in [0, 0.1) is 13.8 Å². The Balaban J connectivity index is 2.07. The Kier molecular flexibility index (Phi) is 7.22. The maximum atomic E-state index is 13.6. The lowest BCUT2D eigenvalue weighted by Crippen LogP contribution is -2.38. The van der Waals surface area contributed by atoms with Crippen molar-refractivity contribution in [3.05, 3.63) is 102 Å². The molecular formula is C27H31NO4S2. The lowest BCUT2D eigenvalue weighted by molar-refractivity contribution is 0.515. The van der Waals surface area contributed by atoms with E-state index in [2.05, 4.69) is 27.4 Å². The molecule has 0 aliphatic heterocycles. The van der Waals surface area contributed by atoms with Crippen LogP contribution in [0.3, 0.4) is 0 Å². The van der Waals surface area contributed by atoms with Crippen molar-refractivity contribution in [1.29, 1.82) is 0 Å². The highest BCUT2D eigenvalue weighted by molar-refractivity contribution is 8.04. The third-order valence-electron chi connectivity index (χ3n) is 5.65. The van der Waals surface area contributed by atoms with E-state index in [9.17, 15) is 16.8 Å². The van der Waals surface area contributed by atoms with Crippen LogP contribution < -0.4 is 0 Å². The molecule has 0 fully saturated rings. The number of hydrogen-bond donors (Lipinski definition) is 0. The molecule has 7 heteroatoms. The molecule has 3 rings (SSSR count). The van der Waals surface area contributed by atoms with Crippen LogP contribution in [0.25, 0.3) is 5.57 Å². The molecule has 34 heavy (non-hydrogen) atoms. The summed E-state index contributed by atoms with van der Waals surface area (Å²) in [5.41, 5.74) is 3.86. The molecule has 0 heterocycles. The monoisotopic (exact) mass is 497 g/mol. The number of aryl methyl sites for hydroxylation is 2. The molecule has 0 N–H and O–H groups in total. The fourth-order valence-electron chi connectivity index (χ4n) is 3.41. The Hall–Kier alpha value is -2.74. The van der Waals surface area contributed by atoms with Crippen molar-refractivity contribution in [2.24, 2.45) is 0 Å². The van der Waals surface area contributed by atoms with Crippen LogP contribution in [0.2, 0.25) is 0 Å². The molecule has 0 aromatic heterocycles. The second-order valence-corrected chi connectivity index (χ2v) is 13.5. The Labute approximate surface area is 203 Å². The standard InChI is InChI=1S/C27H31NO4S2/c1-20-7-15-25(16-8-20)33(29,30)28(34(31,32)26-17-9-21(2)10-18-26)19-22(3)23-11-13-24(14-12-23)27(4,5)6/h7-18H,3,19H2,1-2,4-6H3. The highest BCUT2D eigenvalue weighted by atomic mass is 32.3. The van der Waals surface area contributed by atoms with Gasteiger partial charge in [0.2, 0.25) is 0 Å². The summed E-state index contributed by atoms with van der Waals surface area (Å²) in [6, 6.07) is 19.8. The van der Waals surface area contributed by atoms with E-state index < -0.39 is 26.6 Å². The van der Waals surface area contributed by atoms with Gasteiger partial charge in [-0.05, 0) is 60.2 Å². The first-order chi connectivity index (χ1) is 15.7. The van der Waals surface area contributed by atoms with Crippen LogP contribution >= 0.6 is 0 Å². The summed E-state index contributed by atoms with van der Waals surface area (Å²) in [5.74, 6) is 0. The number of nitrogens with zero attached hydrogens (tertiary/aromatic N) is 1. The first-order valence-electron chi connectivity index (χ1n) is 10.9. The van der Waals surface area contributed by atoms with Gasteiger partial charge >= 0.3 is 0 Å². The van der Waals surface area contributed by atoms with Gasteiger partial charge in [0, 0.05) is 0 Å². The van der Waals surface area contributed by atoms with E-state index in [0.29, 0.717) is 14.8 Å². The number of rotatable bonds is 7. The maximum Gasteiger partial charge on any atom is 0.256 e. The molecule has 3 aromatic carbocycles. The first kappa shape index (κ1) is 25.9. The van der Waals surface area contributed by atoms with Gasteiger partial charge in [0.15, 0.2) is 0 Å². The molecule has 3 aromatic rings. The topological polar surface area (TPSA) is 71.5 Å². The van der Waals surface area contributed by atoms with Crippen molar-refractivity contribution in [3.8, 4) is 0 Å². The second-order valence-electron chi connectivity index (χ2n) is 9.50. The molecule has 180 valence electrons. The lowest BCUT2D eigenvalue weighted by atomic mass is 9.86. The molecule has 0 aliphatic rings. The molecule has 0 radical (unpaired) electrons. The molecule has 0 aliphatic carbocycles. The smallest absolute Gasteiger partial charge is 0.206 e. The van der Waals surface area contributed by atoms with Crippen molar-refractivity contribution in [3.63, 3.8) is 0 Å². The second kappa shape index (κ2) is 9.49. The average Bonchev–Trinajstić information content (AvgIpc) is 2.77. The van der Waals surface area contributed by atoms with E-state index in [1.54, 1.807) is 24.3 Å². The minimum Gasteiger partial charge on any atom is -0.206 e. The summed E-state index contributed by atoms with van der Waals surface area (Å²) in [6.45, 7) is 13.6. The van der Waals surface area contributed by atoms with Crippen LogP contribution in [0.15, 0.2) is 89.2 Å². The van der Waals surface area contributed by atoms with Crippen LogP contribution in [-0.2, 0) is 25.5 Å². The van der Waals surface area contributed by atoms with E-state index >= 15 is 0 Å². The van der Waals surface area contributed by atoms with Crippen molar-refractivity contribution in [1.82, 2.24) is 3.71 Å². The molecular weight excluding hydrogens is 466 g/mol. The summed E-state index contributed by atoms with van der Waals surface area (Å²) >= 11 is 0. The zero-order valence-electron chi connectivity index (χ0n) is 20.2. The van der Waals surface area contributed by atoms with Gasteiger partial charge in [0.05, 0.1) is 16.3 Å². The van der Waals surface area contributed by atoms with Crippen molar-refractivity contribution < 1.29 is 16.8 Å². The third-order valence-corrected chi connectivity index (χ3v) is 9.90. The predicted molar refractivity (Wildman–Crippen MR) is 138 cm³/mol. The van der Waals surface area contributed by atoms with E-state index in [4.69, 9.17) is 0 Å². The molecule has 0 saturated carbocycles. The van der Waals surface area contributed by atoms with E-state index in [0.717, 1.165) is 16.7 Å². The molecule has 0 bridgehead atoms. The van der Waals surface area contributed by atoms with Crippen LogP contribution in [-0.4, -0.2) is 27.1 Å². The van der Waals surface area contributed by atoms with Gasteiger partial charge in [-0.25, -0.2) is 16.8 Å². The van der Waals surface area contributed by atoms with Crippen LogP contribution in [0.4, 0.5) is 0 Å². The molecule has 0 spiro atoms. The molecule has 0 amide bonds. The van der Waals surface area contributed by atoms with Crippen LogP contribution in [0.5, 0.6) is 0 Å². The summed E-state index contributed by atoms with van der Waals surface area (Å²) in [7, 11) is -8.77. The lowest BCUT2D eigenvalue weighted by Gasteiger charge is -2.24. The predicted octanol–water partition coefficient (Wildman–Crippen LogP) is 5.69. The zero-order chi connectivity index (χ0) is 25.3. The van der Waals surface area contributed by atoms with Crippen LogP contribution in [0.1, 0.15) is 43.0 Å². The quantitative estimate of drug-likeness (QED) is 0.420. The SMILES string of the molecule is C=C(CN(S(=O)(=O)c1ccc(C)cc1)S(=O)(=O)c1ccc(C)cc1)c1ccc(C(C)(C)C)cc1. The fraction of sp³-hybridized carbons (Fsp3) is 0.259. The zero-order valence-corrected chi connectivity index (χ0v) is 21.9. The average molecular weight is 498 g/mol. The van der Waals surface area contributed by atoms with Gasteiger partial charge < -0.3 is 0 Å². The third kappa shape index (κ3) is 5.49. The van der Waals surface area contributed by atoms with Crippen molar-refractivity contribution in [2.45, 2.75) is 49.8 Å². The van der Waals surface area contributed by atoms with Gasteiger partial charge in [-0.1, -0.05) is 90.7 Å². The van der Waals surface area contributed by atoms with Gasteiger partial charge in [0.25, 0.3) is 20.0 Å². The minimum atomic E-state index is -4.38. The van der Waals surface area contributed by atoms with Crippen molar-refractivity contribution in [2.75, 3.05) is 6.54 Å². The largest absolute Gasteiger partial charge is 0.256 e. The fourth-order valence-corrected chi connectivity index (χ4v) is 7.04. The number of hydrogen-bond acceptors (Lipinski definition) is 4. The van der Waals surface area contributed by atoms with E-state index in [1.807, 2.05) is 38.1 Å². The minimum absolute atomic E-state index is 0.0462. The first-order valence-corrected chi connectivity index (χ1v) is 13.8. The summed E-state index contributed by atoms with van der Waals surface area (Å²) in [4.78, 5) is -0.186. The molecule has 0 atom stereocenters. The Morgan fingerprint density at radius 2 is 1.09 bits per heavy atom. The van der Waals surface area contributed by atoms with Gasteiger partial charge in [0.1, 0.15) is 0 Å². The van der Waals surface area contributed by atoms with E-state index in [1.165, 1.54) is 24.3 Å².